The lowest BCUT2D eigenvalue weighted by atomic mass is 10.1. The normalized spacial score (nSPS) is 15.8. The summed E-state index contributed by atoms with van der Waals surface area (Å²) in [5, 5.41) is 2.75. The van der Waals surface area contributed by atoms with Crippen LogP contribution in [0.1, 0.15) is 23.6 Å². The minimum atomic E-state index is -2.99. The Kier molecular flexibility index (Phi) is 5.16. The molecule has 0 aliphatic rings. The van der Waals surface area contributed by atoms with Crippen molar-refractivity contribution in [3.8, 4) is 0 Å². The first kappa shape index (κ1) is 14.7. The topological polar surface area (TPSA) is 46.2 Å². The molecule has 5 heteroatoms. The first-order chi connectivity index (χ1) is 7.88. The van der Waals surface area contributed by atoms with Crippen LogP contribution in [0.25, 0.3) is 0 Å². The Morgan fingerprint density at radius 1 is 1.35 bits per heavy atom. The average Bonchev–Trinajstić information content (AvgIpc) is 2.71. The Morgan fingerprint density at radius 2 is 1.94 bits per heavy atom. The molecule has 2 unspecified atom stereocenters. The van der Waals surface area contributed by atoms with E-state index in [-0.39, 0.29) is 11.3 Å². The monoisotopic (exact) mass is 275 g/mol. The van der Waals surface area contributed by atoms with Gasteiger partial charge in [-0.15, -0.1) is 11.3 Å². The molecule has 17 heavy (non-hydrogen) atoms. The van der Waals surface area contributed by atoms with Crippen molar-refractivity contribution in [1.29, 1.82) is 0 Å². The Bertz CT molecular complexity index is 451. The summed E-state index contributed by atoms with van der Waals surface area (Å²) in [6, 6.07) is 4.20. The van der Waals surface area contributed by atoms with Gasteiger partial charge in [0.15, 0.2) is 9.84 Å². The van der Waals surface area contributed by atoms with Gasteiger partial charge in [0.05, 0.1) is 5.25 Å². The van der Waals surface area contributed by atoms with Crippen molar-refractivity contribution < 1.29 is 8.42 Å². The highest BCUT2D eigenvalue weighted by molar-refractivity contribution is 7.91. The zero-order valence-corrected chi connectivity index (χ0v) is 12.5. The van der Waals surface area contributed by atoms with Crippen molar-refractivity contribution in [2.24, 2.45) is 0 Å². The molecule has 1 aromatic heterocycles. The van der Waals surface area contributed by atoms with Crippen LogP contribution < -0.4 is 5.32 Å². The van der Waals surface area contributed by atoms with E-state index < -0.39 is 9.84 Å². The fourth-order valence-electron chi connectivity index (χ4n) is 1.74. The number of nitrogens with one attached hydrogen (secondary N) is 1. The van der Waals surface area contributed by atoms with Crippen molar-refractivity contribution in [1.82, 2.24) is 5.32 Å². The van der Waals surface area contributed by atoms with Crippen molar-refractivity contribution in [3.63, 3.8) is 0 Å². The van der Waals surface area contributed by atoms with Gasteiger partial charge in [-0.05, 0) is 38.9 Å². The lowest BCUT2D eigenvalue weighted by Crippen LogP contribution is -2.41. The third kappa shape index (κ3) is 4.08. The Hall–Kier alpha value is -0.390. The maximum Gasteiger partial charge on any atom is 0.151 e. The molecule has 0 bridgehead atoms. The summed E-state index contributed by atoms with van der Waals surface area (Å²) in [5.41, 5.74) is 0. The van der Waals surface area contributed by atoms with Crippen LogP contribution in [0.4, 0.5) is 0 Å². The SMILES string of the molecule is CCc1ccc(CC(NC)C(C)S(C)(=O)=O)s1. The van der Waals surface area contributed by atoms with E-state index in [4.69, 9.17) is 0 Å². The molecule has 0 fully saturated rings. The molecule has 0 radical (unpaired) electrons. The quantitative estimate of drug-likeness (QED) is 0.862. The third-order valence-electron chi connectivity index (χ3n) is 3.10. The van der Waals surface area contributed by atoms with Gasteiger partial charge in [-0.3, -0.25) is 0 Å². The van der Waals surface area contributed by atoms with Crippen molar-refractivity contribution >= 4 is 21.2 Å². The smallest absolute Gasteiger partial charge is 0.151 e. The Labute approximate surface area is 108 Å². The first-order valence-electron chi connectivity index (χ1n) is 5.82. The van der Waals surface area contributed by atoms with E-state index in [0.29, 0.717) is 0 Å². The van der Waals surface area contributed by atoms with E-state index in [2.05, 4.69) is 24.4 Å². The molecule has 1 N–H and O–H groups in total. The molecule has 0 saturated heterocycles. The van der Waals surface area contributed by atoms with Crippen LogP contribution in [0.2, 0.25) is 0 Å². The minimum Gasteiger partial charge on any atom is -0.315 e. The molecule has 98 valence electrons. The van der Waals surface area contributed by atoms with Crippen LogP contribution in [0.15, 0.2) is 12.1 Å². The van der Waals surface area contributed by atoms with Gasteiger partial charge in [0.2, 0.25) is 0 Å². The first-order valence-corrected chi connectivity index (χ1v) is 8.59. The van der Waals surface area contributed by atoms with Crippen LogP contribution in [0.3, 0.4) is 0 Å². The third-order valence-corrected chi connectivity index (χ3v) is 6.03. The molecule has 1 aromatic rings. The fourth-order valence-corrected chi connectivity index (χ4v) is 3.59. The molecule has 1 rings (SSSR count). The number of aryl methyl sites for hydroxylation is 1. The van der Waals surface area contributed by atoms with Crippen molar-refractivity contribution in [3.05, 3.63) is 21.9 Å². The number of likely N-dealkylation sites (N-methyl/N-ethyl adjacent to an activating group) is 1. The van der Waals surface area contributed by atoms with E-state index >= 15 is 0 Å². The summed E-state index contributed by atoms with van der Waals surface area (Å²) in [6.07, 6.45) is 3.11. The number of rotatable bonds is 6. The molecule has 0 spiro atoms. The molecule has 0 aliphatic heterocycles. The van der Waals surface area contributed by atoms with Crippen molar-refractivity contribution in [2.45, 2.75) is 38.0 Å². The van der Waals surface area contributed by atoms with E-state index in [1.807, 2.05) is 7.05 Å². The van der Waals surface area contributed by atoms with Gasteiger partial charge in [-0.25, -0.2) is 8.42 Å². The standard InChI is InChI=1S/C12H21NO2S2/c1-5-10-6-7-11(16-10)8-12(13-3)9(2)17(4,14)15/h6-7,9,12-13H,5,8H2,1-4H3. The van der Waals surface area contributed by atoms with Crippen LogP contribution >= 0.6 is 11.3 Å². The Morgan fingerprint density at radius 3 is 2.35 bits per heavy atom. The summed E-state index contributed by atoms with van der Waals surface area (Å²) < 4.78 is 23.1. The maximum absolute atomic E-state index is 11.5. The summed E-state index contributed by atoms with van der Waals surface area (Å²) in [6.45, 7) is 3.90. The molecule has 1 heterocycles. The molecule has 0 amide bonds. The van der Waals surface area contributed by atoms with Gasteiger partial charge in [0, 0.05) is 22.1 Å². The second-order valence-corrected chi connectivity index (χ2v) is 8.01. The fraction of sp³-hybridized carbons (Fsp3) is 0.667. The largest absolute Gasteiger partial charge is 0.315 e. The predicted molar refractivity (Wildman–Crippen MR) is 74.6 cm³/mol. The summed E-state index contributed by atoms with van der Waals surface area (Å²) in [7, 11) is -1.17. The second kappa shape index (κ2) is 5.98. The van der Waals surface area contributed by atoms with E-state index in [0.717, 1.165) is 12.8 Å². The number of sulfone groups is 1. The lowest BCUT2D eigenvalue weighted by molar-refractivity contribution is 0.518. The van der Waals surface area contributed by atoms with Gasteiger partial charge in [-0.2, -0.15) is 0 Å². The second-order valence-electron chi connectivity index (χ2n) is 4.36. The van der Waals surface area contributed by atoms with Gasteiger partial charge >= 0.3 is 0 Å². The highest BCUT2D eigenvalue weighted by Crippen LogP contribution is 2.20. The summed E-state index contributed by atoms with van der Waals surface area (Å²) in [4.78, 5) is 2.60. The van der Waals surface area contributed by atoms with Crippen LogP contribution in [0.5, 0.6) is 0 Å². The zero-order chi connectivity index (χ0) is 13.1. The van der Waals surface area contributed by atoms with Gasteiger partial charge < -0.3 is 5.32 Å². The maximum atomic E-state index is 11.5. The average molecular weight is 275 g/mol. The summed E-state index contributed by atoms with van der Waals surface area (Å²) >= 11 is 1.77. The predicted octanol–water partition coefficient (Wildman–Crippen LogP) is 1.87. The van der Waals surface area contributed by atoms with Gasteiger partial charge in [0.1, 0.15) is 0 Å². The molecule has 0 saturated carbocycles. The number of hydrogen-bond acceptors (Lipinski definition) is 4. The van der Waals surface area contributed by atoms with Crippen LogP contribution in [0, 0.1) is 0 Å². The molecular formula is C12H21NO2S2. The van der Waals surface area contributed by atoms with E-state index in [1.165, 1.54) is 16.0 Å². The lowest BCUT2D eigenvalue weighted by Gasteiger charge is -2.21. The van der Waals surface area contributed by atoms with E-state index in [9.17, 15) is 8.42 Å². The van der Waals surface area contributed by atoms with E-state index in [1.54, 1.807) is 18.3 Å². The number of hydrogen-bond donors (Lipinski definition) is 1. The number of thiophene rings is 1. The molecule has 3 nitrogen and oxygen atoms in total. The highest BCUT2D eigenvalue weighted by Gasteiger charge is 2.25. The molecule has 0 aromatic carbocycles. The summed E-state index contributed by atoms with van der Waals surface area (Å²) in [5.74, 6) is 0. The van der Waals surface area contributed by atoms with Gasteiger partial charge in [0.25, 0.3) is 0 Å². The molecule has 0 aliphatic carbocycles. The highest BCUT2D eigenvalue weighted by atomic mass is 32.2. The Balaban J connectivity index is 2.76. The van der Waals surface area contributed by atoms with Crippen LogP contribution in [-0.2, 0) is 22.7 Å². The molecule has 2 atom stereocenters. The van der Waals surface area contributed by atoms with Gasteiger partial charge in [-0.1, -0.05) is 6.92 Å². The van der Waals surface area contributed by atoms with Crippen molar-refractivity contribution in [2.75, 3.05) is 13.3 Å². The van der Waals surface area contributed by atoms with Crippen LogP contribution in [-0.4, -0.2) is 33.0 Å². The minimum absolute atomic E-state index is 0.0200. The molecular weight excluding hydrogens is 254 g/mol. The zero-order valence-electron chi connectivity index (χ0n) is 10.9.